The minimum Gasteiger partial charge on any atom is -0.385 e. The van der Waals surface area contributed by atoms with Crippen molar-refractivity contribution in [2.75, 3.05) is 13.7 Å². The first-order valence-corrected chi connectivity index (χ1v) is 6.33. The standard InChI is InChI=1S/C12H26N2O/c1-15-10-6-9-12(14-13)11-7-4-2-3-5-8-11/h11-12,14H,2-10,13H2,1H3. The summed E-state index contributed by atoms with van der Waals surface area (Å²) in [5.74, 6) is 6.43. The first kappa shape index (κ1) is 12.9. The van der Waals surface area contributed by atoms with Crippen LogP contribution in [-0.4, -0.2) is 19.8 Å². The second-order valence-corrected chi connectivity index (χ2v) is 4.66. The summed E-state index contributed by atoms with van der Waals surface area (Å²) >= 11 is 0. The van der Waals surface area contributed by atoms with Gasteiger partial charge in [0, 0.05) is 19.8 Å². The van der Waals surface area contributed by atoms with Crippen molar-refractivity contribution in [2.45, 2.75) is 57.4 Å². The molecule has 1 atom stereocenters. The lowest BCUT2D eigenvalue weighted by atomic mass is 9.89. The van der Waals surface area contributed by atoms with Crippen molar-refractivity contribution >= 4 is 0 Å². The van der Waals surface area contributed by atoms with Crippen molar-refractivity contribution in [3.05, 3.63) is 0 Å². The topological polar surface area (TPSA) is 47.3 Å². The highest BCUT2D eigenvalue weighted by Gasteiger charge is 2.21. The predicted octanol–water partition coefficient (Wildman–Crippen LogP) is 2.22. The molecule has 0 aliphatic heterocycles. The molecule has 1 aliphatic carbocycles. The van der Waals surface area contributed by atoms with Gasteiger partial charge in [0.25, 0.3) is 0 Å². The molecule has 0 bridgehead atoms. The molecule has 3 nitrogen and oxygen atoms in total. The van der Waals surface area contributed by atoms with Gasteiger partial charge in [-0.05, 0) is 31.6 Å². The summed E-state index contributed by atoms with van der Waals surface area (Å²) in [5, 5.41) is 0. The van der Waals surface area contributed by atoms with Crippen LogP contribution in [0.15, 0.2) is 0 Å². The average molecular weight is 214 g/mol. The molecule has 1 fully saturated rings. The van der Waals surface area contributed by atoms with Crippen molar-refractivity contribution in [3.63, 3.8) is 0 Å². The Labute approximate surface area is 93.7 Å². The smallest absolute Gasteiger partial charge is 0.0462 e. The molecule has 0 amide bonds. The third-order valence-electron chi connectivity index (χ3n) is 3.55. The van der Waals surface area contributed by atoms with E-state index in [4.69, 9.17) is 10.6 Å². The maximum Gasteiger partial charge on any atom is 0.0462 e. The fraction of sp³-hybridized carbons (Fsp3) is 1.00. The Morgan fingerprint density at radius 2 is 1.93 bits per heavy atom. The molecular weight excluding hydrogens is 188 g/mol. The number of hydrogen-bond acceptors (Lipinski definition) is 3. The van der Waals surface area contributed by atoms with Crippen molar-refractivity contribution < 1.29 is 4.74 Å². The predicted molar refractivity (Wildman–Crippen MR) is 63.4 cm³/mol. The number of hydrogen-bond donors (Lipinski definition) is 2. The van der Waals surface area contributed by atoms with Crippen molar-refractivity contribution in [1.29, 1.82) is 0 Å². The summed E-state index contributed by atoms with van der Waals surface area (Å²) in [5.41, 5.74) is 3.00. The van der Waals surface area contributed by atoms with E-state index in [1.807, 2.05) is 0 Å². The zero-order valence-electron chi connectivity index (χ0n) is 10.0. The van der Waals surface area contributed by atoms with Gasteiger partial charge in [-0.1, -0.05) is 25.7 Å². The van der Waals surface area contributed by atoms with Crippen molar-refractivity contribution in [2.24, 2.45) is 11.8 Å². The summed E-state index contributed by atoms with van der Waals surface area (Å²) in [6.07, 6.45) is 10.5. The lowest BCUT2D eigenvalue weighted by Gasteiger charge is -2.25. The van der Waals surface area contributed by atoms with E-state index in [2.05, 4.69) is 5.43 Å². The van der Waals surface area contributed by atoms with Gasteiger partial charge in [0.2, 0.25) is 0 Å². The van der Waals surface area contributed by atoms with Crippen molar-refractivity contribution in [1.82, 2.24) is 5.43 Å². The molecule has 0 spiro atoms. The lowest BCUT2D eigenvalue weighted by Crippen LogP contribution is -2.41. The molecule has 3 N–H and O–H groups in total. The number of rotatable bonds is 6. The SMILES string of the molecule is COCCCC(NN)C1CCCCCC1. The minimum atomic E-state index is 0.498. The van der Waals surface area contributed by atoms with Crippen LogP contribution in [0.2, 0.25) is 0 Å². The molecule has 90 valence electrons. The van der Waals surface area contributed by atoms with Crippen LogP contribution in [0.3, 0.4) is 0 Å². The second-order valence-electron chi connectivity index (χ2n) is 4.66. The molecule has 1 unspecified atom stereocenters. The van der Waals surface area contributed by atoms with Crippen LogP contribution in [0.25, 0.3) is 0 Å². The van der Waals surface area contributed by atoms with Gasteiger partial charge in [0.05, 0.1) is 0 Å². The molecule has 1 saturated carbocycles. The molecule has 0 saturated heterocycles. The molecule has 1 aliphatic rings. The van der Waals surface area contributed by atoms with Crippen molar-refractivity contribution in [3.8, 4) is 0 Å². The Morgan fingerprint density at radius 1 is 1.27 bits per heavy atom. The molecule has 0 radical (unpaired) electrons. The quantitative estimate of drug-likeness (QED) is 0.308. The van der Waals surface area contributed by atoms with E-state index in [0.717, 1.165) is 25.4 Å². The Hall–Kier alpha value is -0.120. The molecule has 0 heterocycles. The van der Waals surface area contributed by atoms with Gasteiger partial charge in [-0.25, -0.2) is 0 Å². The number of hydrazine groups is 1. The van der Waals surface area contributed by atoms with Gasteiger partial charge >= 0.3 is 0 Å². The normalized spacial score (nSPS) is 21.2. The first-order valence-electron chi connectivity index (χ1n) is 6.33. The molecule has 0 aromatic carbocycles. The van der Waals surface area contributed by atoms with E-state index in [1.54, 1.807) is 7.11 Å². The monoisotopic (exact) mass is 214 g/mol. The number of nitrogens with one attached hydrogen (secondary N) is 1. The van der Waals surface area contributed by atoms with Crippen LogP contribution in [0.4, 0.5) is 0 Å². The van der Waals surface area contributed by atoms with Crippen LogP contribution < -0.4 is 11.3 Å². The Kier molecular flexibility index (Phi) is 6.98. The minimum absolute atomic E-state index is 0.498. The number of nitrogens with two attached hydrogens (primary N) is 1. The largest absolute Gasteiger partial charge is 0.385 e. The van der Waals surface area contributed by atoms with Gasteiger partial charge in [-0.3, -0.25) is 11.3 Å². The van der Waals surface area contributed by atoms with Gasteiger partial charge in [0.1, 0.15) is 0 Å². The third-order valence-corrected chi connectivity index (χ3v) is 3.55. The molecule has 15 heavy (non-hydrogen) atoms. The summed E-state index contributed by atoms with van der Waals surface area (Å²) in [6, 6.07) is 0.498. The number of methoxy groups -OCH3 is 1. The van der Waals surface area contributed by atoms with E-state index in [0.29, 0.717) is 6.04 Å². The van der Waals surface area contributed by atoms with Gasteiger partial charge in [0.15, 0.2) is 0 Å². The van der Waals surface area contributed by atoms with Crippen LogP contribution in [0, 0.1) is 5.92 Å². The molecule has 0 aromatic heterocycles. The van der Waals surface area contributed by atoms with E-state index < -0.39 is 0 Å². The maximum absolute atomic E-state index is 5.65. The second kappa shape index (κ2) is 8.08. The highest BCUT2D eigenvalue weighted by molar-refractivity contribution is 4.76. The Bertz CT molecular complexity index is 145. The highest BCUT2D eigenvalue weighted by atomic mass is 16.5. The highest BCUT2D eigenvalue weighted by Crippen LogP contribution is 2.27. The van der Waals surface area contributed by atoms with Gasteiger partial charge in [-0.2, -0.15) is 0 Å². The zero-order valence-corrected chi connectivity index (χ0v) is 10.0. The van der Waals surface area contributed by atoms with Crippen LogP contribution in [0.1, 0.15) is 51.4 Å². The number of ether oxygens (including phenoxy) is 1. The fourth-order valence-electron chi connectivity index (χ4n) is 2.62. The molecule has 1 rings (SSSR count). The molecular formula is C12H26N2O. The third kappa shape index (κ3) is 4.96. The average Bonchev–Trinajstić information content (AvgIpc) is 2.53. The first-order chi connectivity index (χ1) is 7.38. The Morgan fingerprint density at radius 3 is 2.47 bits per heavy atom. The van der Waals surface area contributed by atoms with Gasteiger partial charge < -0.3 is 4.74 Å². The van der Waals surface area contributed by atoms with E-state index in [-0.39, 0.29) is 0 Å². The summed E-state index contributed by atoms with van der Waals surface area (Å²) in [4.78, 5) is 0. The maximum atomic E-state index is 5.65. The van der Waals surface area contributed by atoms with Crippen LogP contribution >= 0.6 is 0 Å². The fourth-order valence-corrected chi connectivity index (χ4v) is 2.62. The van der Waals surface area contributed by atoms with Crippen LogP contribution in [-0.2, 0) is 4.74 Å². The Balaban J connectivity index is 2.27. The zero-order chi connectivity index (χ0) is 10.9. The van der Waals surface area contributed by atoms with E-state index in [9.17, 15) is 0 Å². The van der Waals surface area contributed by atoms with Gasteiger partial charge in [-0.15, -0.1) is 0 Å². The summed E-state index contributed by atoms with van der Waals surface area (Å²) < 4.78 is 5.08. The summed E-state index contributed by atoms with van der Waals surface area (Å²) in [6.45, 7) is 0.852. The molecule has 3 heteroatoms. The van der Waals surface area contributed by atoms with E-state index >= 15 is 0 Å². The van der Waals surface area contributed by atoms with Crippen LogP contribution in [0.5, 0.6) is 0 Å². The lowest BCUT2D eigenvalue weighted by molar-refractivity contribution is 0.181. The van der Waals surface area contributed by atoms with E-state index in [1.165, 1.54) is 38.5 Å². The summed E-state index contributed by atoms with van der Waals surface area (Å²) in [7, 11) is 1.76. The molecule has 0 aromatic rings.